The molecule has 0 heterocycles. The van der Waals surface area contributed by atoms with Gasteiger partial charge in [0.1, 0.15) is 11.8 Å². The van der Waals surface area contributed by atoms with Gasteiger partial charge in [-0.1, -0.05) is 25.5 Å². The van der Waals surface area contributed by atoms with E-state index in [1.807, 2.05) is 6.92 Å². The minimum Gasteiger partial charge on any atom is -0.483 e. The Labute approximate surface area is 122 Å². The summed E-state index contributed by atoms with van der Waals surface area (Å²) in [5, 5.41) is 11.3. The number of aliphatic carboxylic acids is 1. The Morgan fingerprint density at radius 3 is 2.57 bits per heavy atom. The molecule has 2 amide bonds. The number of hydrogen-bond donors (Lipinski definition) is 3. The molecule has 21 heavy (non-hydrogen) atoms. The van der Waals surface area contributed by atoms with Crippen molar-refractivity contribution >= 4 is 17.8 Å². The average Bonchev–Trinajstić information content (AvgIpc) is 2.44. The van der Waals surface area contributed by atoms with Crippen molar-refractivity contribution in [1.29, 1.82) is 0 Å². The topological polar surface area (TPSA) is 119 Å². The van der Waals surface area contributed by atoms with Crippen molar-refractivity contribution in [2.75, 3.05) is 6.61 Å². The van der Waals surface area contributed by atoms with Crippen molar-refractivity contribution in [2.24, 2.45) is 5.73 Å². The number of benzene rings is 1. The molecule has 7 heteroatoms. The van der Waals surface area contributed by atoms with E-state index in [9.17, 15) is 14.4 Å². The molecule has 7 nitrogen and oxygen atoms in total. The van der Waals surface area contributed by atoms with Crippen LogP contribution in [0.4, 0.5) is 0 Å². The second kappa shape index (κ2) is 7.88. The molecule has 0 spiro atoms. The van der Waals surface area contributed by atoms with Crippen LogP contribution in [0.3, 0.4) is 0 Å². The van der Waals surface area contributed by atoms with Crippen LogP contribution in [-0.4, -0.2) is 35.5 Å². The van der Waals surface area contributed by atoms with Crippen molar-refractivity contribution in [3.05, 3.63) is 29.8 Å². The number of carboxylic acids is 1. The van der Waals surface area contributed by atoms with Gasteiger partial charge in [0, 0.05) is 0 Å². The Balaban J connectivity index is 2.61. The molecule has 1 atom stereocenters. The van der Waals surface area contributed by atoms with Crippen molar-refractivity contribution in [2.45, 2.75) is 25.8 Å². The first-order chi connectivity index (χ1) is 9.95. The highest BCUT2D eigenvalue weighted by Gasteiger charge is 2.19. The molecular formula is C14H18N2O5. The van der Waals surface area contributed by atoms with Crippen LogP contribution in [-0.2, 0) is 9.59 Å². The molecule has 1 rings (SSSR count). The van der Waals surface area contributed by atoms with E-state index in [0.29, 0.717) is 12.8 Å². The summed E-state index contributed by atoms with van der Waals surface area (Å²) in [4.78, 5) is 33.8. The first-order valence-electron chi connectivity index (χ1n) is 6.49. The monoisotopic (exact) mass is 294 g/mol. The number of carbonyl (C=O) groups is 3. The van der Waals surface area contributed by atoms with Crippen molar-refractivity contribution in [1.82, 2.24) is 5.32 Å². The standard InChI is InChI=1S/C14H18N2O5/c1-2-5-10(14(19)20)16-12(17)8-21-11-7-4-3-6-9(11)13(15)18/h3-4,6-7,10H,2,5,8H2,1H3,(H2,15,18)(H,16,17)(H,19,20)/t10-/m1/s1. The highest BCUT2D eigenvalue weighted by Crippen LogP contribution is 2.16. The van der Waals surface area contributed by atoms with E-state index in [1.54, 1.807) is 12.1 Å². The molecule has 0 aliphatic heterocycles. The molecule has 0 aliphatic carbocycles. The molecule has 0 radical (unpaired) electrons. The molecule has 0 aliphatic rings. The molecule has 0 unspecified atom stereocenters. The van der Waals surface area contributed by atoms with Gasteiger partial charge in [0.25, 0.3) is 11.8 Å². The number of carboxylic acid groups (broad SMARTS) is 1. The lowest BCUT2D eigenvalue weighted by Crippen LogP contribution is -2.42. The number of carbonyl (C=O) groups excluding carboxylic acids is 2. The maximum Gasteiger partial charge on any atom is 0.326 e. The van der Waals surface area contributed by atoms with Crippen LogP contribution < -0.4 is 15.8 Å². The first kappa shape index (κ1) is 16.5. The third-order valence-corrected chi connectivity index (χ3v) is 2.72. The summed E-state index contributed by atoms with van der Waals surface area (Å²) in [6.07, 6.45) is 0.960. The summed E-state index contributed by atoms with van der Waals surface area (Å²) >= 11 is 0. The zero-order chi connectivity index (χ0) is 15.8. The summed E-state index contributed by atoms with van der Waals surface area (Å²) in [5.74, 6) is -2.15. The van der Waals surface area contributed by atoms with E-state index in [2.05, 4.69) is 5.32 Å². The molecule has 0 fully saturated rings. The van der Waals surface area contributed by atoms with E-state index in [4.69, 9.17) is 15.6 Å². The quantitative estimate of drug-likeness (QED) is 0.646. The molecule has 0 saturated carbocycles. The summed E-state index contributed by atoms with van der Waals surface area (Å²) < 4.78 is 5.21. The van der Waals surface area contributed by atoms with Gasteiger partial charge >= 0.3 is 5.97 Å². The van der Waals surface area contributed by atoms with Crippen molar-refractivity contribution < 1.29 is 24.2 Å². The summed E-state index contributed by atoms with van der Waals surface area (Å²) in [6, 6.07) is 5.30. The lowest BCUT2D eigenvalue weighted by atomic mass is 10.1. The lowest BCUT2D eigenvalue weighted by Gasteiger charge is -2.14. The molecule has 0 bridgehead atoms. The minimum absolute atomic E-state index is 0.161. The Bertz CT molecular complexity index is 530. The Hall–Kier alpha value is -2.57. The number of nitrogens with one attached hydrogen (secondary N) is 1. The summed E-state index contributed by atoms with van der Waals surface area (Å²) in [5.41, 5.74) is 5.34. The van der Waals surface area contributed by atoms with E-state index in [-0.39, 0.29) is 11.3 Å². The predicted octanol–water partition coefficient (Wildman–Crippen LogP) is 0.534. The highest BCUT2D eigenvalue weighted by molar-refractivity contribution is 5.95. The van der Waals surface area contributed by atoms with Gasteiger partial charge in [0.15, 0.2) is 6.61 Å². The molecular weight excluding hydrogens is 276 g/mol. The number of amides is 2. The first-order valence-corrected chi connectivity index (χ1v) is 6.49. The molecule has 114 valence electrons. The fourth-order valence-electron chi connectivity index (χ4n) is 1.72. The number of para-hydroxylation sites is 1. The van der Waals surface area contributed by atoms with Crippen LogP contribution in [0, 0.1) is 0 Å². The molecule has 0 saturated heterocycles. The smallest absolute Gasteiger partial charge is 0.326 e. The van der Waals surface area contributed by atoms with Crippen LogP contribution >= 0.6 is 0 Å². The second-order valence-electron chi connectivity index (χ2n) is 4.40. The van der Waals surface area contributed by atoms with Gasteiger partial charge in [0.05, 0.1) is 5.56 Å². The summed E-state index contributed by atoms with van der Waals surface area (Å²) in [6.45, 7) is 1.43. The predicted molar refractivity (Wildman–Crippen MR) is 74.9 cm³/mol. The SMILES string of the molecule is CCC[C@@H](NC(=O)COc1ccccc1C(N)=O)C(=O)O. The molecule has 1 aromatic rings. The lowest BCUT2D eigenvalue weighted by molar-refractivity contribution is -0.142. The number of primary amides is 1. The van der Waals surface area contributed by atoms with E-state index >= 15 is 0 Å². The van der Waals surface area contributed by atoms with Crippen molar-refractivity contribution in [3.8, 4) is 5.75 Å². The van der Waals surface area contributed by atoms with Gasteiger partial charge in [-0.2, -0.15) is 0 Å². The normalized spacial score (nSPS) is 11.5. The van der Waals surface area contributed by atoms with Crippen LogP contribution in [0.5, 0.6) is 5.75 Å². The number of ether oxygens (including phenoxy) is 1. The summed E-state index contributed by atoms with van der Waals surface area (Å²) in [7, 11) is 0. The largest absolute Gasteiger partial charge is 0.483 e. The minimum atomic E-state index is -1.09. The van der Waals surface area contributed by atoms with Crippen LogP contribution in [0.2, 0.25) is 0 Å². The van der Waals surface area contributed by atoms with Gasteiger partial charge in [-0.25, -0.2) is 4.79 Å². The third kappa shape index (κ3) is 5.13. The number of nitrogens with two attached hydrogens (primary N) is 1. The number of rotatable bonds is 8. The van der Waals surface area contributed by atoms with Crippen LogP contribution in [0.15, 0.2) is 24.3 Å². The van der Waals surface area contributed by atoms with Crippen molar-refractivity contribution in [3.63, 3.8) is 0 Å². The van der Waals surface area contributed by atoms with Gasteiger partial charge in [-0.05, 0) is 18.6 Å². The Morgan fingerprint density at radius 2 is 2.00 bits per heavy atom. The Kier molecular flexibility index (Phi) is 6.19. The fourth-order valence-corrected chi connectivity index (χ4v) is 1.72. The maximum absolute atomic E-state index is 11.7. The zero-order valence-electron chi connectivity index (χ0n) is 11.7. The zero-order valence-corrected chi connectivity index (χ0v) is 11.7. The maximum atomic E-state index is 11.7. The number of hydrogen-bond acceptors (Lipinski definition) is 4. The van der Waals surface area contributed by atoms with E-state index in [0.717, 1.165) is 0 Å². The fraction of sp³-hybridized carbons (Fsp3) is 0.357. The molecule has 0 aromatic heterocycles. The van der Waals surface area contributed by atoms with Gasteiger partial charge in [-0.3, -0.25) is 9.59 Å². The van der Waals surface area contributed by atoms with Gasteiger partial charge in [0.2, 0.25) is 0 Å². The molecule has 1 aromatic carbocycles. The van der Waals surface area contributed by atoms with Crippen LogP contribution in [0.25, 0.3) is 0 Å². The van der Waals surface area contributed by atoms with Gasteiger partial charge < -0.3 is 20.9 Å². The third-order valence-electron chi connectivity index (χ3n) is 2.72. The second-order valence-corrected chi connectivity index (χ2v) is 4.40. The van der Waals surface area contributed by atoms with E-state index < -0.39 is 30.4 Å². The van der Waals surface area contributed by atoms with Crippen LogP contribution in [0.1, 0.15) is 30.1 Å². The Morgan fingerprint density at radius 1 is 1.33 bits per heavy atom. The average molecular weight is 294 g/mol. The molecule has 4 N–H and O–H groups in total. The highest BCUT2D eigenvalue weighted by atomic mass is 16.5. The van der Waals surface area contributed by atoms with Gasteiger partial charge in [-0.15, -0.1) is 0 Å². The van der Waals surface area contributed by atoms with E-state index in [1.165, 1.54) is 12.1 Å².